The number of benzene rings is 1. The largest absolute Gasteiger partial charge is 0.444 e. The molecule has 0 aliphatic carbocycles. The van der Waals surface area contributed by atoms with E-state index >= 15 is 0 Å². The van der Waals surface area contributed by atoms with Crippen molar-refractivity contribution in [1.82, 2.24) is 4.98 Å². The standard InChI is InChI=1S/C14H17N3O2/c1-9(10(2)15)14(18)17-12-5-3-4-11(6-12)13-7-16-8-19-13/h3-10H,15H2,1-2H3,(H,17,18). The van der Waals surface area contributed by atoms with E-state index in [9.17, 15) is 4.79 Å². The summed E-state index contributed by atoms with van der Waals surface area (Å²) < 4.78 is 5.22. The van der Waals surface area contributed by atoms with E-state index in [-0.39, 0.29) is 17.9 Å². The van der Waals surface area contributed by atoms with Crippen LogP contribution in [0.5, 0.6) is 0 Å². The van der Waals surface area contributed by atoms with Crippen LogP contribution in [-0.4, -0.2) is 16.9 Å². The van der Waals surface area contributed by atoms with E-state index < -0.39 is 0 Å². The van der Waals surface area contributed by atoms with Gasteiger partial charge in [-0.15, -0.1) is 0 Å². The number of nitrogens with zero attached hydrogens (tertiary/aromatic N) is 1. The molecular weight excluding hydrogens is 242 g/mol. The van der Waals surface area contributed by atoms with Crippen LogP contribution in [0.1, 0.15) is 13.8 Å². The highest BCUT2D eigenvalue weighted by atomic mass is 16.3. The van der Waals surface area contributed by atoms with Crippen molar-refractivity contribution in [3.05, 3.63) is 36.9 Å². The average molecular weight is 259 g/mol. The highest BCUT2D eigenvalue weighted by molar-refractivity contribution is 5.93. The lowest BCUT2D eigenvalue weighted by atomic mass is 10.0. The van der Waals surface area contributed by atoms with Crippen LogP contribution in [0, 0.1) is 5.92 Å². The first kappa shape index (κ1) is 13.3. The fourth-order valence-electron chi connectivity index (χ4n) is 1.60. The summed E-state index contributed by atoms with van der Waals surface area (Å²) in [6, 6.07) is 7.23. The molecule has 0 bridgehead atoms. The van der Waals surface area contributed by atoms with Gasteiger partial charge in [-0.05, 0) is 19.1 Å². The van der Waals surface area contributed by atoms with Gasteiger partial charge in [-0.3, -0.25) is 4.79 Å². The van der Waals surface area contributed by atoms with Crippen LogP contribution in [0.4, 0.5) is 5.69 Å². The summed E-state index contributed by atoms with van der Waals surface area (Å²) in [6.45, 7) is 3.62. The summed E-state index contributed by atoms with van der Waals surface area (Å²) in [5, 5.41) is 2.84. The van der Waals surface area contributed by atoms with E-state index in [2.05, 4.69) is 10.3 Å². The number of hydrogen-bond acceptors (Lipinski definition) is 4. The van der Waals surface area contributed by atoms with Crippen LogP contribution >= 0.6 is 0 Å². The number of oxazole rings is 1. The summed E-state index contributed by atoms with van der Waals surface area (Å²) in [6.07, 6.45) is 3.00. The minimum atomic E-state index is -0.242. The third-order valence-corrected chi connectivity index (χ3v) is 3.05. The van der Waals surface area contributed by atoms with Crippen molar-refractivity contribution in [3.63, 3.8) is 0 Å². The van der Waals surface area contributed by atoms with Crippen LogP contribution in [0.3, 0.4) is 0 Å². The van der Waals surface area contributed by atoms with Gasteiger partial charge >= 0.3 is 0 Å². The van der Waals surface area contributed by atoms with Gasteiger partial charge in [-0.25, -0.2) is 4.98 Å². The van der Waals surface area contributed by atoms with Crippen molar-refractivity contribution in [3.8, 4) is 11.3 Å². The summed E-state index contributed by atoms with van der Waals surface area (Å²) in [5.41, 5.74) is 7.29. The first-order valence-electron chi connectivity index (χ1n) is 6.13. The molecule has 0 saturated heterocycles. The van der Waals surface area contributed by atoms with Gasteiger partial charge in [0.05, 0.1) is 12.1 Å². The molecule has 5 heteroatoms. The van der Waals surface area contributed by atoms with Crippen LogP contribution in [0.15, 0.2) is 41.3 Å². The van der Waals surface area contributed by atoms with Crippen molar-refractivity contribution in [2.24, 2.45) is 11.7 Å². The normalized spacial score (nSPS) is 13.8. The summed E-state index contributed by atoms with van der Waals surface area (Å²) in [4.78, 5) is 15.8. The maximum Gasteiger partial charge on any atom is 0.228 e. The topological polar surface area (TPSA) is 81.2 Å². The summed E-state index contributed by atoms with van der Waals surface area (Å²) in [7, 11) is 0. The Morgan fingerprint density at radius 2 is 2.21 bits per heavy atom. The number of anilines is 1. The fraction of sp³-hybridized carbons (Fsp3) is 0.286. The smallest absolute Gasteiger partial charge is 0.228 e. The van der Waals surface area contributed by atoms with Gasteiger partial charge in [0.2, 0.25) is 5.91 Å². The number of aromatic nitrogens is 1. The molecule has 2 unspecified atom stereocenters. The minimum absolute atomic E-state index is 0.0929. The second-order valence-electron chi connectivity index (χ2n) is 4.58. The van der Waals surface area contributed by atoms with E-state index in [4.69, 9.17) is 10.2 Å². The van der Waals surface area contributed by atoms with Gasteiger partial charge in [0, 0.05) is 17.3 Å². The predicted octanol–water partition coefficient (Wildman–Crippen LogP) is 2.26. The lowest BCUT2D eigenvalue weighted by Gasteiger charge is -2.15. The highest BCUT2D eigenvalue weighted by Crippen LogP contribution is 2.22. The molecule has 0 fully saturated rings. The van der Waals surface area contributed by atoms with Crippen molar-refractivity contribution in [2.75, 3.05) is 5.32 Å². The maximum absolute atomic E-state index is 11.9. The van der Waals surface area contributed by atoms with E-state index in [1.807, 2.05) is 31.2 Å². The van der Waals surface area contributed by atoms with Crippen LogP contribution < -0.4 is 11.1 Å². The van der Waals surface area contributed by atoms with Gasteiger partial charge in [0.1, 0.15) is 0 Å². The van der Waals surface area contributed by atoms with E-state index in [1.165, 1.54) is 6.39 Å². The second-order valence-corrected chi connectivity index (χ2v) is 4.58. The van der Waals surface area contributed by atoms with Crippen LogP contribution in [0.25, 0.3) is 11.3 Å². The fourth-order valence-corrected chi connectivity index (χ4v) is 1.60. The third-order valence-electron chi connectivity index (χ3n) is 3.05. The van der Waals surface area contributed by atoms with E-state index in [0.29, 0.717) is 11.4 Å². The monoisotopic (exact) mass is 259 g/mol. The number of carbonyl (C=O) groups is 1. The Morgan fingerprint density at radius 1 is 1.42 bits per heavy atom. The van der Waals surface area contributed by atoms with E-state index in [0.717, 1.165) is 5.56 Å². The molecule has 3 N–H and O–H groups in total. The van der Waals surface area contributed by atoms with E-state index in [1.54, 1.807) is 13.1 Å². The number of nitrogens with two attached hydrogens (primary N) is 1. The number of amides is 1. The molecule has 1 heterocycles. The molecule has 5 nitrogen and oxygen atoms in total. The predicted molar refractivity (Wildman–Crippen MR) is 73.4 cm³/mol. The molecule has 0 saturated carbocycles. The third kappa shape index (κ3) is 3.20. The van der Waals surface area contributed by atoms with Gasteiger partial charge < -0.3 is 15.5 Å². The molecule has 0 spiro atoms. The van der Waals surface area contributed by atoms with Crippen LogP contribution in [0.2, 0.25) is 0 Å². The van der Waals surface area contributed by atoms with Crippen molar-refractivity contribution < 1.29 is 9.21 Å². The molecule has 1 aromatic heterocycles. The molecule has 0 aliphatic heterocycles. The quantitative estimate of drug-likeness (QED) is 0.882. The molecule has 2 aromatic rings. The Kier molecular flexibility index (Phi) is 3.97. The maximum atomic E-state index is 11.9. The van der Waals surface area contributed by atoms with Crippen LogP contribution in [-0.2, 0) is 4.79 Å². The Bertz CT molecular complexity index is 550. The number of carbonyl (C=O) groups excluding carboxylic acids is 1. The first-order valence-corrected chi connectivity index (χ1v) is 6.13. The highest BCUT2D eigenvalue weighted by Gasteiger charge is 2.17. The molecule has 2 atom stereocenters. The molecular formula is C14H17N3O2. The number of nitrogens with one attached hydrogen (secondary N) is 1. The molecule has 1 aromatic carbocycles. The van der Waals surface area contributed by atoms with Gasteiger partial charge in [-0.2, -0.15) is 0 Å². The number of rotatable bonds is 4. The second kappa shape index (κ2) is 5.67. The van der Waals surface area contributed by atoms with Gasteiger partial charge in [0.15, 0.2) is 12.2 Å². The zero-order valence-corrected chi connectivity index (χ0v) is 11.0. The van der Waals surface area contributed by atoms with Crippen molar-refractivity contribution >= 4 is 11.6 Å². The van der Waals surface area contributed by atoms with Gasteiger partial charge in [-0.1, -0.05) is 19.1 Å². The van der Waals surface area contributed by atoms with Crippen molar-refractivity contribution in [2.45, 2.75) is 19.9 Å². The minimum Gasteiger partial charge on any atom is -0.444 e. The molecule has 2 rings (SSSR count). The molecule has 19 heavy (non-hydrogen) atoms. The SMILES string of the molecule is CC(N)C(C)C(=O)Nc1cccc(-c2cnco2)c1. The average Bonchev–Trinajstić information content (AvgIpc) is 2.91. The lowest BCUT2D eigenvalue weighted by Crippen LogP contribution is -2.34. The molecule has 100 valence electrons. The van der Waals surface area contributed by atoms with Gasteiger partial charge in [0.25, 0.3) is 0 Å². The molecule has 0 radical (unpaired) electrons. The molecule has 0 aliphatic rings. The van der Waals surface area contributed by atoms with Crippen molar-refractivity contribution in [1.29, 1.82) is 0 Å². The Labute approximate surface area is 111 Å². The lowest BCUT2D eigenvalue weighted by molar-refractivity contribution is -0.119. The zero-order chi connectivity index (χ0) is 13.8. The first-order chi connectivity index (χ1) is 9.08. The number of hydrogen-bond donors (Lipinski definition) is 2. The Hall–Kier alpha value is -2.14. The Balaban J connectivity index is 2.14. The summed E-state index contributed by atoms with van der Waals surface area (Å²) >= 11 is 0. The molecule has 1 amide bonds. The summed E-state index contributed by atoms with van der Waals surface area (Å²) in [5.74, 6) is 0.329. The zero-order valence-electron chi connectivity index (χ0n) is 11.0. The Morgan fingerprint density at radius 3 is 2.84 bits per heavy atom.